The van der Waals surface area contributed by atoms with Crippen molar-refractivity contribution in [3.05, 3.63) is 156 Å². The van der Waals surface area contributed by atoms with Gasteiger partial charge in [0.25, 0.3) is 0 Å². The SMILES string of the molecule is c1ccc(C2NC(c3ccccc3)NC(c3ccc4c(c3)oc3ccc(-c5cccc6c5sc5ccccc56)cc34)N2)cc1. The zero-order valence-electron chi connectivity index (χ0n) is 23.8. The molecule has 0 radical (unpaired) electrons. The first kappa shape index (κ1) is 25.7. The zero-order chi connectivity index (χ0) is 29.0. The number of furan rings is 1. The van der Waals surface area contributed by atoms with E-state index in [0.29, 0.717) is 0 Å². The van der Waals surface area contributed by atoms with Crippen molar-refractivity contribution in [2.45, 2.75) is 18.5 Å². The molecule has 1 saturated heterocycles. The molecule has 2 aromatic heterocycles. The van der Waals surface area contributed by atoms with Crippen molar-refractivity contribution >= 4 is 53.4 Å². The molecular formula is C39H29N3OS. The summed E-state index contributed by atoms with van der Waals surface area (Å²) < 4.78 is 9.11. The molecule has 1 aliphatic heterocycles. The molecule has 1 aliphatic rings. The van der Waals surface area contributed by atoms with Gasteiger partial charge in [0.15, 0.2) is 0 Å². The van der Waals surface area contributed by atoms with E-state index in [2.05, 4.69) is 155 Å². The Morgan fingerprint density at radius 1 is 0.455 bits per heavy atom. The highest BCUT2D eigenvalue weighted by Gasteiger charge is 2.30. The summed E-state index contributed by atoms with van der Waals surface area (Å²) in [6.45, 7) is 0. The van der Waals surface area contributed by atoms with Crippen molar-refractivity contribution in [1.82, 2.24) is 16.0 Å². The van der Waals surface area contributed by atoms with E-state index in [1.54, 1.807) is 0 Å². The maximum absolute atomic E-state index is 6.46. The molecule has 0 amide bonds. The van der Waals surface area contributed by atoms with Gasteiger partial charge in [-0.3, -0.25) is 16.0 Å². The summed E-state index contributed by atoms with van der Waals surface area (Å²) in [5, 5.41) is 16.2. The second-order valence-electron chi connectivity index (χ2n) is 11.5. The lowest BCUT2D eigenvalue weighted by molar-refractivity contribution is 0.203. The minimum absolute atomic E-state index is 0.0156. The standard InChI is InChI=1S/C39H29N3OS/c1-3-10-24(11-4-1)37-40-38(25-12-5-2-6-13-25)42-39(41-37)27-18-20-29-32-22-26(19-21-33(32)43-34(29)23-27)28-15-9-16-31-30-14-7-8-17-35(30)44-36(28)31/h1-23,37-42H. The fourth-order valence-corrected chi connectivity index (χ4v) is 7.87. The molecule has 2 atom stereocenters. The van der Waals surface area contributed by atoms with Crippen molar-refractivity contribution in [2.24, 2.45) is 0 Å². The fraction of sp³-hybridized carbons (Fsp3) is 0.0769. The van der Waals surface area contributed by atoms with Crippen LogP contribution in [-0.4, -0.2) is 0 Å². The predicted octanol–water partition coefficient (Wildman–Crippen LogP) is 9.80. The van der Waals surface area contributed by atoms with Gasteiger partial charge >= 0.3 is 0 Å². The van der Waals surface area contributed by atoms with Crippen molar-refractivity contribution in [3.63, 3.8) is 0 Å². The van der Waals surface area contributed by atoms with Crippen LogP contribution in [-0.2, 0) is 0 Å². The van der Waals surface area contributed by atoms with Crippen LogP contribution in [0.2, 0.25) is 0 Å². The van der Waals surface area contributed by atoms with Crippen LogP contribution < -0.4 is 16.0 Å². The summed E-state index contributed by atoms with van der Waals surface area (Å²) in [5.74, 6) is 0. The number of benzene rings is 6. The molecule has 0 bridgehead atoms. The maximum Gasteiger partial charge on any atom is 0.135 e. The molecule has 6 aromatic carbocycles. The molecule has 2 unspecified atom stereocenters. The van der Waals surface area contributed by atoms with E-state index >= 15 is 0 Å². The third-order valence-corrected chi connectivity index (χ3v) is 10.0. The highest BCUT2D eigenvalue weighted by molar-refractivity contribution is 7.26. The van der Waals surface area contributed by atoms with E-state index in [0.717, 1.165) is 27.5 Å². The van der Waals surface area contributed by atoms with Gasteiger partial charge in [0.2, 0.25) is 0 Å². The van der Waals surface area contributed by atoms with Gasteiger partial charge < -0.3 is 4.42 Å². The van der Waals surface area contributed by atoms with Gasteiger partial charge in [-0.1, -0.05) is 115 Å². The highest BCUT2D eigenvalue weighted by atomic mass is 32.1. The van der Waals surface area contributed by atoms with Gasteiger partial charge in [0.1, 0.15) is 11.2 Å². The minimum Gasteiger partial charge on any atom is -0.456 e. The summed E-state index contributed by atoms with van der Waals surface area (Å²) in [4.78, 5) is 0. The smallest absolute Gasteiger partial charge is 0.135 e. The predicted molar refractivity (Wildman–Crippen MR) is 183 cm³/mol. The molecule has 4 nitrogen and oxygen atoms in total. The second kappa shape index (κ2) is 10.4. The summed E-state index contributed by atoms with van der Waals surface area (Å²) in [7, 11) is 0. The van der Waals surface area contributed by atoms with Crippen molar-refractivity contribution in [1.29, 1.82) is 0 Å². The third-order valence-electron chi connectivity index (χ3n) is 8.81. The Labute approximate surface area is 259 Å². The Hall–Kier alpha value is -4.78. The molecule has 3 heterocycles. The lowest BCUT2D eigenvalue weighted by atomic mass is 10.00. The first-order valence-electron chi connectivity index (χ1n) is 15.0. The average molecular weight is 588 g/mol. The molecule has 1 fully saturated rings. The number of nitrogens with one attached hydrogen (secondary N) is 3. The van der Waals surface area contributed by atoms with Gasteiger partial charge in [-0.05, 0) is 52.1 Å². The molecule has 8 aromatic rings. The number of fused-ring (bicyclic) bond motifs is 6. The molecule has 9 rings (SSSR count). The number of hydrogen-bond acceptors (Lipinski definition) is 5. The average Bonchev–Trinajstić information content (AvgIpc) is 3.66. The van der Waals surface area contributed by atoms with Gasteiger partial charge in [-0.2, -0.15) is 0 Å². The van der Waals surface area contributed by atoms with Crippen LogP contribution in [0.1, 0.15) is 35.2 Å². The third kappa shape index (κ3) is 4.33. The fourth-order valence-electron chi connectivity index (χ4n) is 6.63. The van der Waals surface area contributed by atoms with Crippen LogP contribution in [0.4, 0.5) is 0 Å². The monoisotopic (exact) mass is 587 g/mol. The van der Waals surface area contributed by atoms with Crippen molar-refractivity contribution < 1.29 is 4.42 Å². The van der Waals surface area contributed by atoms with Crippen LogP contribution in [0.25, 0.3) is 53.2 Å². The normalized spacial score (nSPS) is 18.9. The van der Waals surface area contributed by atoms with Gasteiger partial charge in [0, 0.05) is 30.9 Å². The molecule has 44 heavy (non-hydrogen) atoms. The van der Waals surface area contributed by atoms with Crippen LogP contribution in [0, 0.1) is 0 Å². The summed E-state index contributed by atoms with van der Waals surface area (Å²) in [6.07, 6.45) is -0.109. The van der Waals surface area contributed by atoms with Crippen LogP contribution in [0.3, 0.4) is 0 Å². The Morgan fingerprint density at radius 2 is 1.11 bits per heavy atom. The Morgan fingerprint density at radius 3 is 1.86 bits per heavy atom. The molecule has 212 valence electrons. The Balaban J connectivity index is 1.10. The largest absolute Gasteiger partial charge is 0.456 e. The zero-order valence-corrected chi connectivity index (χ0v) is 24.6. The first-order chi connectivity index (χ1) is 21.8. The summed E-state index contributed by atoms with van der Waals surface area (Å²) in [5.41, 5.74) is 7.80. The number of rotatable bonds is 4. The van der Waals surface area contributed by atoms with Crippen LogP contribution in [0.5, 0.6) is 0 Å². The summed E-state index contributed by atoms with van der Waals surface area (Å²) >= 11 is 1.87. The topological polar surface area (TPSA) is 49.2 Å². The molecular weight excluding hydrogens is 559 g/mol. The molecule has 5 heteroatoms. The highest BCUT2D eigenvalue weighted by Crippen LogP contribution is 2.41. The first-order valence-corrected chi connectivity index (χ1v) is 15.8. The van der Waals surface area contributed by atoms with Gasteiger partial charge in [0.05, 0.1) is 18.5 Å². The Bertz CT molecular complexity index is 2240. The molecule has 3 N–H and O–H groups in total. The lowest BCUT2D eigenvalue weighted by Crippen LogP contribution is -2.54. The summed E-state index contributed by atoms with van der Waals surface area (Å²) in [6, 6.07) is 49.6. The van der Waals surface area contributed by atoms with Crippen molar-refractivity contribution in [3.8, 4) is 11.1 Å². The van der Waals surface area contributed by atoms with Gasteiger partial charge in [-0.25, -0.2) is 0 Å². The van der Waals surface area contributed by atoms with Crippen LogP contribution >= 0.6 is 11.3 Å². The van der Waals surface area contributed by atoms with E-state index in [1.807, 2.05) is 11.3 Å². The van der Waals surface area contributed by atoms with Crippen molar-refractivity contribution in [2.75, 3.05) is 0 Å². The minimum atomic E-state index is -0.0783. The molecule has 0 aliphatic carbocycles. The van der Waals surface area contributed by atoms with E-state index in [-0.39, 0.29) is 18.5 Å². The number of thiophene rings is 1. The van der Waals surface area contributed by atoms with E-state index in [4.69, 9.17) is 4.42 Å². The number of hydrogen-bond donors (Lipinski definition) is 3. The van der Waals surface area contributed by atoms with E-state index < -0.39 is 0 Å². The van der Waals surface area contributed by atoms with Gasteiger partial charge in [-0.15, -0.1) is 11.3 Å². The Kier molecular flexibility index (Phi) is 6.10. The van der Waals surface area contributed by atoms with Crippen LogP contribution in [0.15, 0.2) is 144 Å². The molecule has 0 spiro atoms. The lowest BCUT2D eigenvalue weighted by Gasteiger charge is -2.39. The van der Waals surface area contributed by atoms with E-state index in [9.17, 15) is 0 Å². The maximum atomic E-state index is 6.46. The molecule has 0 saturated carbocycles. The van der Waals surface area contributed by atoms with E-state index in [1.165, 1.54) is 42.4 Å². The second-order valence-corrected chi connectivity index (χ2v) is 12.5. The quantitative estimate of drug-likeness (QED) is 0.192.